The lowest BCUT2D eigenvalue weighted by atomic mass is 9.99. The molecule has 0 aliphatic heterocycles. The number of rotatable bonds is 1. The van der Waals surface area contributed by atoms with E-state index in [9.17, 15) is 4.79 Å². The van der Waals surface area contributed by atoms with E-state index in [2.05, 4.69) is 0 Å². The summed E-state index contributed by atoms with van der Waals surface area (Å²) >= 11 is 0. The van der Waals surface area contributed by atoms with Gasteiger partial charge in [0.2, 0.25) is 0 Å². The van der Waals surface area contributed by atoms with Crippen molar-refractivity contribution in [1.29, 1.82) is 0 Å². The first kappa shape index (κ1) is 9.56. The maximum atomic E-state index is 10.7. The summed E-state index contributed by atoms with van der Waals surface area (Å²) in [6.45, 7) is 1.50. The molecule has 0 N–H and O–H groups in total. The van der Waals surface area contributed by atoms with Crippen molar-refractivity contribution in [3.63, 3.8) is 0 Å². The van der Waals surface area contributed by atoms with Crippen LogP contribution in [-0.4, -0.2) is 12.1 Å². The molecule has 1 fully saturated rings. The molecule has 1 saturated carbocycles. The predicted molar refractivity (Wildman–Crippen MR) is 47.9 cm³/mol. The zero-order chi connectivity index (χ0) is 8.81. The van der Waals surface area contributed by atoms with E-state index in [0.717, 1.165) is 12.8 Å². The molecule has 0 spiro atoms. The molecule has 1 aliphatic rings. The molecule has 0 amide bonds. The van der Waals surface area contributed by atoms with Gasteiger partial charge in [0.15, 0.2) is 0 Å². The summed E-state index contributed by atoms with van der Waals surface area (Å²) in [6.07, 6.45) is 8.75. The lowest BCUT2D eigenvalue weighted by Gasteiger charge is -2.19. The van der Waals surface area contributed by atoms with Crippen molar-refractivity contribution in [3.8, 4) is 0 Å². The second-order valence-electron chi connectivity index (χ2n) is 3.58. The summed E-state index contributed by atoms with van der Waals surface area (Å²) in [5, 5.41) is 0. The molecular weight excluding hydrogens is 152 g/mol. The summed E-state index contributed by atoms with van der Waals surface area (Å²) in [7, 11) is 0. The van der Waals surface area contributed by atoms with Gasteiger partial charge < -0.3 is 4.74 Å². The summed E-state index contributed by atoms with van der Waals surface area (Å²) in [4.78, 5) is 10.7. The van der Waals surface area contributed by atoms with E-state index in [-0.39, 0.29) is 12.1 Å². The topological polar surface area (TPSA) is 26.3 Å². The van der Waals surface area contributed by atoms with Crippen molar-refractivity contribution in [2.24, 2.45) is 0 Å². The van der Waals surface area contributed by atoms with Crippen molar-refractivity contribution < 1.29 is 9.53 Å². The van der Waals surface area contributed by atoms with Crippen LogP contribution in [0.5, 0.6) is 0 Å². The lowest BCUT2D eigenvalue weighted by Crippen LogP contribution is -2.17. The molecule has 0 aromatic rings. The van der Waals surface area contributed by atoms with Crippen LogP contribution in [0.15, 0.2) is 0 Å². The average molecular weight is 170 g/mol. The minimum Gasteiger partial charge on any atom is -0.463 e. The summed E-state index contributed by atoms with van der Waals surface area (Å²) in [5.74, 6) is -0.124. The Labute approximate surface area is 74.3 Å². The van der Waals surface area contributed by atoms with Crippen LogP contribution in [0.1, 0.15) is 51.9 Å². The van der Waals surface area contributed by atoms with Crippen LogP contribution in [-0.2, 0) is 9.53 Å². The number of carbonyl (C=O) groups is 1. The minimum atomic E-state index is -0.124. The van der Waals surface area contributed by atoms with Gasteiger partial charge in [0.1, 0.15) is 6.10 Å². The fraction of sp³-hybridized carbons (Fsp3) is 0.900. The Kier molecular flexibility index (Phi) is 4.12. The molecule has 0 aromatic carbocycles. The van der Waals surface area contributed by atoms with Gasteiger partial charge in [0.25, 0.3) is 0 Å². The molecule has 70 valence electrons. The van der Waals surface area contributed by atoms with Crippen LogP contribution in [0.2, 0.25) is 0 Å². The maximum Gasteiger partial charge on any atom is 0.302 e. The Hall–Kier alpha value is -0.530. The Morgan fingerprint density at radius 3 is 2.08 bits per heavy atom. The second kappa shape index (κ2) is 5.18. The van der Waals surface area contributed by atoms with Crippen molar-refractivity contribution in [2.75, 3.05) is 0 Å². The second-order valence-corrected chi connectivity index (χ2v) is 3.58. The fourth-order valence-electron chi connectivity index (χ4n) is 1.77. The van der Waals surface area contributed by atoms with Gasteiger partial charge in [-0.05, 0) is 25.7 Å². The number of esters is 1. The number of hydrogen-bond donors (Lipinski definition) is 0. The van der Waals surface area contributed by atoms with Crippen LogP contribution < -0.4 is 0 Å². The van der Waals surface area contributed by atoms with Crippen molar-refractivity contribution in [2.45, 2.75) is 58.0 Å². The Morgan fingerprint density at radius 2 is 1.58 bits per heavy atom. The van der Waals surface area contributed by atoms with E-state index in [1.54, 1.807) is 0 Å². The third kappa shape index (κ3) is 3.74. The van der Waals surface area contributed by atoms with E-state index in [1.807, 2.05) is 0 Å². The van der Waals surface area contributed by atoms with Gasteiger partial charge in [-0.1, -0.05) is 19.3 Å². The van der Waals surface area contributed by atoms with E-state index in [0.29, 0.717) is 0 Å². The molecule has 0 bridgehead atoms. The fourth-order valence-corrected chi connectivity index (χ4v) is 1.77. The highest BCUT2D eigenvalue weighted by atomic mass is 16.5. The number of ether oxygens (including phenoxy) is 1. The van der Waals surface area contributed by atoms with Gasteiger partial charge in [-0.25, -0.2) is 0 Å². The van der Waals surface area contributed by atoms with Gasteiger partial charge in [-0.2, -0.15) is 0 Å². The normalized spacial score (nSPS) is 21.1. The van der Waals surface area contributed by atoms with E-state index >= 15 is 0 Å². The van der Waals surface area contributed by atoms with Crippen LogP contribution in [0.4, 0.5) is 0 Å². The molecule has 0 heterocycles. The van der Waals surface area contributed by atoms with Crippen molar-refractivity contribution in [3.05, 3.63) is 0 Å². The highest BCUT2D eigenvalue weighted by Gasteiger charge is 2.13. The molecule has 0 aromatic heterocycles. The van der Waals surface area contributed by atoms with Gasteiger partial charge in [0, 0.05) is 6.92 Å². The molecule has 2 nitrogen and oxygen atoms in total. The Bertz CT molecular complexity index is 135. The number of hydrogen-bond acceptors (Lipinski definition) is 2. The molecule has 1 aliphatic carbocycles. The highest BCUT2D eigenvalue weighted by molar-refractivity contribution is 5.66. The lowest BCUT2D eigenvalue weighted by molar-refractivity contribution is -0.147. The molecular formula is C10H18O2. The maximum absolute atomic E-state index is 10.7. The minimum absolute atomic E-state index is 0.124. The van der Waals surface area contributed by atoms with E-state index in [4.69, 9.17) is 4.74 Å². The molecule has 0 radical (unpaired) electrons. The van der Waals surface area contributed by atoms with Gasteiger partial charge >= 0.3 is 5.97 Å². The summed E-state index contributed by atoms with van der Waals surface area (Å²) < 4.78 is 5.19. The summed E-state index contributed by atoms with van der Waals surface area (Å²) in [6, 6.07) is 0. The molecule has 0 saturated heterocycles. The standard InChI is InChI=1S/C10H18O2/c1-9(11)12-10-7-5-3-2-4-6-8-10/h10H,2-8H2,1H3. The molecule has 0 atom stereocenters. The predicted octanol–water partition coefficient (Wildman–Crippen LogP) is 2.66. The first-order valence-electron chi connectivity index (χ1n) is 4.96. The van der Waals surface area contributed by atoms with E-state index in [1.165, 1.54) is 39.0 Å². The first-order chi connectivity index (χ1) is 5.79. The van der Waals surface area contributed by atoms with Crippen LogP contribution in [0.3, 0.4) is 0 Å². The molecule has 0 unspecified atom stereocenters. The van der Waals surface area contributed by atoms with Crippen LogP contribution >= 0.6 is 0 Å². The average Bonchev–Trinajstić information content (AvgIpc) is 1.93. The highest BCUT2D eigenvalue weighted by Crippen LogP contribution is 2.19. The first-order valence-corrected chi connectivity index (χ1v) is 4.96. The Balaban J connectivity index is 2.24. The van der Waals surface area contributed by atoms with Crippen molar-refractivity contribution >= 4 is 5.97 Å². The van der Waals surface area contributed by atoms with Gasteiger partial charge in [-0.15, -0.1) is 0 Å². The molecule has 12 heavy (non-hydrogen) atoms. The summed E-state index contributed by atoms with van der Waals surface area (Å²) in [5.41, 5.74) is 0. The monoisotopic (exact) mass is 170 g/mol. The third-order valence-corrected chi connectivity index (χ3v) is 2.38. The zero-order valence-electron chi connectivity index (χ0n) is 7.84. The Morgan fingerprint density at radius 1 is 1.08 bits per heavy atom. The zero-order valence-corrected chi connectivity index (χ0v) is 7.84. The van der Waals surface area contributed by atoms with Crippen LogP contribution in [0, 0.1) is 0 Å². The smallest absolute Gasteiger partial charge is 0.302 e. The van der Waals surface area contributed by atoms with Gasteiger partial charge in [0.05, 0.1) is 0 Å². The SMILES string of the molecule is CC(=O)OC1CCCCCCC1. The molecule has 1 rings (SSSR count). The third-order valence-electron chi connectivity index (χ3n) is 2.38. The quantitative estimate of drug-likeness (QED) is 0.565. The molecule has 2 heteroatoms. The van der Waals surface area contributed by atoms with Crippen LogP contribution in [0.25, 0.3) is 0 Å². The number of carbonyl (C=O) groups excluding carboxylic acids is 1. The van der Waals surface area contributed by atoms with Crippen molar-refractivity contribution in [1.82, 2.24) is 0 Å². The largest absolute Gasteiger partial charge is 0.463 e. The van der Waals surface area contributed by atoms with Gasteiger partial charge in [-0.3, -0.25) is 4.79 Å². The van der Waals surface area contributed by atoms with E-state index < -0.39 is 0 Å².